The summed E-state index contributed by atoms with van der Waals surface area (Å²) in [5, 5.41) is 6.76. The van der Waals surface area contributed by atoms with Crippen LogP contribution in [0.4, 0.5) is 0 Å². The lowest BCUT2D eigenvalue weighted by atomic mass is 10.2. The summed E-state index contributed by atoms with van der Waals surface area (Å²) in [6, 6.07) is 13.6. The van der Waals surface area contributed by atoms with E-state index in [0.717, 1.165) is 5.56 Å². The monoisotopic (exact) mass is 381 g/mol. The summed E-state index contributed by atoms with van der Waals surface area (Å²) < 4.78 is 5.24. The van der Waals surface area contributed by atoms with E-state index in [2.05, 4.69) is 15.2 Å². The lowest BCUT2D eigenvalue weighted by Crippen LogP contribution is -2.10. The number of carbonyl (C=O) groups is 1. The summed E-state index contributed by atoms with van der Waals surface area (Å²) in [6.07, 6.45) is 0. The molecule has 2 N–H and O–H groups in total. The van der Waals surface area contributed by atoms with Gasteiger partial charge < -0.3 is 9.72 Å². The maximum absolute atomic E-state index is 12.9. The first kappa shape index (κ1) is 17.0. The highest BCUT2D eigenvalue weighted by Gasteiger charge is 2.21. The van der Waals surface area contributed by atoms with Gasteiger partial charge in [-0.1, -0.05) is 41.9 Å². The van der Waals surface area contributed by atoms with Gasteiger partial charge in [0.2, 0.25) is 0 Å². The molecule has 0 fully saturated rings. The number of benzene rings is 2. The summed E-state index contributed by atoms with van der Waals surface area (Å²) in [7, 11) is 0. The average molecular weight is 382 g/mol. The SMILES string of the molecule is O=C(OCc1ccccc1)c1n[nH]c2c(=O)[nH]c3cc(Cl)ccc3c(=O)c12. The molecule has 8 heteroatoms. The van der Waals surface area contributed by atoms with Crippen LogP contribution in [-0.4, -0.2) is 21.2 Å². The van der Waals surface area contributed by atoms with Gasteiger partial charge in [-0.3, -0.25) is 14.7 Å². The molecule has 0 radical (unpaired) electrons. The first-order valence-electron chi connectivity index (χ1n) is 7.99. The maximum atomic E-state index is 12.9. The summed E-state index contributed by atoms with van der Waals surface area (Å²) in [5.74, 6) is -0.796. The molecule has 4 rings (SSSR count). The van der Waals surface area contributed by atoms with E-state index in [1.807, 2.05) is 18.2 Å². The fraction of sp³-hybridized carbons (Fsp3) is 0.0526. The highest BCUT2D eigenvalue weighted by atomic mass is 35.5. The van der Waals surface area contributed by atoms with E-state index in [1.54, 1.807) is 12.1 Å². The Hall–Kier alpha value is -3.45. The van der Waals surface area contributed by atoms with Crippen molar-refractivity contribution < 1.29 is 9.53 Å². The Kier molecular flexibility index (Phi) is 4.21. The number of hydrogen-bond donors (Lipinski definition) is 2. The van der Waals surface area contributed by atoms with Crippen molar-refractivity contribution in [1.82, 2.24) is 15.2 Å². The van der Waals surface area contributed by atoms with Crippen molar-refractivity contribution in [3.8, 4) is 0 Å². The molecule has 0 saturated carbocycles. The Morgan fingerprint density at radius 3 is 2.67 bits per heavy atom. The minimum absolute atomic E-state index is 0.0217. The molecule has 2 heterocycles. The fourth-order valence-corrected chi connectivity index (χ4v) is 2.98. The highest BCUT2D eigenvalue weighted by molar-refractivity contribution is 6.31. The van der Waals surface area contributed by atoms with Gasteiger partial charge in [0.25, 0.3) is 5.56 Å². The first-order chi connectivity index (χ1) is 13.0. The number of aromatic nitrogens is 3. The molecule has 27 heavy (non-hydrogen) atoms. The van der Waals surface area contributed by atoms with Crippen LogP contribution in [-0.2, 0) is 11.3 Å². The van der Waals surface area contributed by atoms with Gasteiger partial charge in [-0.05, 0) is 23.8 Å². The fourth-order valence-electron chi connectivity index (χ4n) is 2.80. The zero-order valence-corrected chi connectivity index (χ0v) is 14.5. The second kappa shape index (κ2) is 6.69. The Bertz CT molecular complexity index is 1300. The van der Waals surface area contributed by atoms with Gasteiger partial charge in [-0.2, -0.15) is 5.10 Å². The highest BCUT2D eigenvalue weighted by Crippen LogP contribution is 2.17. The van der Waals surface area contributed by atoms with E-state index >= 15 is 0 Å². The van der Waals surface area contributed by atoms with Crippen molar-refractivity contribution in [2.24, 2.45) is 0 Å². The number of carbonyl (C=O) groups excluding carboxylic acids is 1. The third-order valence-corrected chi connectivity index (χ3v) is 4.34. The molecule has 0 aliphatic rings. The Morgan fingerprint density at radius 1 is 1.11 bits per heavy atom. The van der Waals surface area contributed by atoms with Crippen LogP contribution in [0.2, 0.25) is 5.02 Å². The van der Waals surface area contributed by atoms with Crippen LogP contribution in [0.1, 0.15) is 16.1 Å². The average Bonchev–Trinajstić information content (AvgIpc) is 3.08. The zero-order valence-electron chi connectivity index (χ0n) is 13.8. The van der Waals surface area contributed by atoms with E-state index in [4.69, 9.17) is 16.3 Å². The molecule has 0 aliphatic carbocycles. The molecular formula is C19H12ClN3O4. The van der Waals surface area contributed by atoms with Gasteiger partial charge in [0, 0.05) is 10.4 Å². The molecule has 0 bridgehead atoms. The summed E-state index contributed by atoms with van der Waals surface area (Å²) >= 11 is 5.93. The van der Waals surface area contributed by atoms with Crippen molar-refractivity contribution in [3.05, 3.63) is 85.4 Å². The number of halogens is 1. The number of rotatable bonds is 3. The molecule has 0 spiro atoms. The third kappa shape index (κ3) is 3.09. The number of nitrogens with one attached hydrogen (secondary N) is 2. The summed E-state index contributed by atoms with van der Waals surface area (Å²) in [4.78, 5) is 40.4. The number of nitrogens with zero attached hydrogens (tertiary/aromatic N) is 1. The summed E-state index contributed by atoms with van der Waals surface area (Å²) in [6.45, 7) is 0.0217. The van der Waals surface area contributed by atoms with Crippen molar-refractivity contribution in [2.45, 2.75) is 6.61 Å². The molecule has 0 saturated heterocycles. The van der Waals surface area contributed by atoms with Crippen LogP contribution >= 0.6 is 11.6 Å². The number of aromatic amines is 2. The second-order valence-electron chi connectivity index (χ2n) is 5.86. The maximum Gasteiger partial charge on any atom is 0.359 e. The van der Waals surface area contributed by atoms with Gasteiger partial charge in [-0.25, -0.2) is 4.79 Å². The summed E-state index contributed by atoms with van der Waals surface area (Å²) in [5.41, 5.74) is -0.380. The van der Waals surface area contributed by atoms with Crippen LogP contribution < -0.4 is 11.0 Å². The largest absolute Gasteiger partial charge is 0.456 e. The van der Waals surface area contributed by atoms with Gasteiger partial charge in [0.15, 0.2) is 11.1 Å². The number of hydrogen-bond acceptors (Lipinski definition) is 5. The lowest BCUT2D eigenvalue weighted by molar-refractivity contribution is 0.0468. The second-order valence-corrected chi connectivity index (χ2v) is 6.29. The Labute approximate surface area is 156 Å². The van der Waals surface area contributed by atoms with Gasteiger partial charge in [0.1, 0.15) is 12.1 Å². The van der Waals surface area contributed by atoms with Crippen molar-refractivity contribution >= 4 is 39.4 Å². The number of ether oxygens (including phenoxy) is 1. The van der Waals surface area contributed by atoms with Crippen LogP contribution in [0.3, 0.4) is 0 Å². The predicted octanol–water partition coefficient (Wildman–Crippen LogP) is 2.78. The molecule has 0 unspecified atom stereocenters. The van der Waals surface area contributed by atoms with Crippen molar-refractivity contribution in [3.63, 3.8) is 0 Å². The van der Waals surface area contributed by atoms with E-state index in [-0.39, 0.29) is 34.1 Å². The van der Waals surface area contributed by atoms with Crippen LogP contribution in [0.25, 0.3) is 21.8 Å². The lowest BCUT2D eigenvalue weighted by Gasteiger charge is -2.02. The van der Waals surface area contributed by atoms with Crippen LogP contribution in [0.5, 0.6) is 0 Å². The smallest absolute Gasteiger partial charge is 0.359 e. The van der Waals surface area contributed by atoms with E-state index < -0.39 is 17.0 Å². The Balaban J connectivity index is 1.85. The van der Waals surface area contributed by atoms with Gasteiger partial charge >= 0.3 is 5.97 Å². The third-order valence-electron chi connectivity index (χ3n) is 4.10. The predicted molar refractivity (Wildman–Crippen MR) is 101 cm³/mol. The van der Waals surface area contributed by atoms with E-state index in [9.17, 15) is 14.4 Å². The molecular weight excluding hydrogens is 370 g/mol. The topological polar surface area (TPSA) is 105 Å². The molecule has 2 aromatic heterocycles. The van der Waals surface area contributed by atoms with Crippen LogP contribution in [0, 0.1) is 0 Å². The number of fused-ring (bicyclic) bond motifs is 2. The molecule has 0 aliphatic heterocycles. The van der Waals surface area contributed by atoms with Crippen molar-refractivity contribution in [1.29, 1.82) is 0 Å². The van der Waals surface area contributed by atoms with Crippen LogP contribution in [0.15, 0.2) is 58.1 Å². The van der Waals surface area contributed by atoms with E-state index in [1.165, 1.54) is 18.2 Å². The molecule has 7 nitrogen and oxygen atoms in total. The molecule has 0 amide bonds. The minimum atomic E-state index is -0.796. The normalized spacial score (nSPS) is 11.0. The molecule has 134 valence electrons. The standard InChI is InChI=1S/C19H12ClN3O4/c20-11-6-7-12-13(8-11)21-18(25)15-14(17(12)24)16(23-22-15)19(26)27-9-10-4-2-1-3-5-10/h1-8H,9H2,(H,21,25)(H,22,23). The first-order valence-corrected chi connectivity index (χ1v) is 8.37. The van der Waals surface area contributed by atoms with Gasteiger partial charge in [0.05, 0.1) is 10.9 Å². The zero-order chi connectivity index (χ0) is 19.0. The van der Waals surface area contributed by atoms with Crippen molar-refractivity contribution in [2.75, 3.05) is 0 Å². The molecule has 0 atom stereocenters. The molecule has 4 aromatic rings. The quantitative estimate of drug-likeness (QED) is 0.531. The number of esters is 1. The Morgan fingerprint density at radius 2 is 1.89 bits per heavy atom. The minimum Gasteiger partial charge on any atom is -0.456 e. The number of H-pyrrole nitrogens is 2. The van der Waals surface area contributed by atoms with Gasteiger partial charge in [-0.15, -0.1) is 0 Å². The molecule has 2 aromatic carbocycles. The van der Waals surface area contributed by atoms with E-state index in [0.29, 0.717) is 5.02 Å².